The number of hydrogen-bond donors (Lipinski definition) is 1. The molecule has 1 aromatic rings. The van der Waals surface area contributed by atoms with Crippen molar-refractivity contribution in [2.24, 2.45) is 5.41 Å². The van der Waals surface area contributed by atoms with Gasteiger partial charge in [-0.3, -0.25) is 9.69 Å². The maximum atomic E-state index is 13.3. The summed E-state index contributed by atoms with van der Waals surface area (Å²) in [5.74, 6) is -0.593. The number of carbonyl (C=O) groups excluding carboxylic acids is 1. The fraction of sp³-hybridized carbons (Fsp3) is 0.611. The summed E-state index contributed by atoms with van der Waals surface area (Å²) in [6.45, 7) is 11.9. The molecule has 0 aromatic heterocycles. The Morgan fingerprint density at radius 3 is 2.38 bits per heavy atom. The minimum absolute atomic E-state index is 0.139. The molecule has 4 nitrogen and oxygen atoms in total. The lowest BCUT2D eigenvalue weighted by Gasteiger charge is -2.35. The zero-order chi connectivity index (χ0) is 17.7. The van der Waals surface area contributed by atoms with Crippen LogP contribution in [0.2, 0.25) is 5.02 Å². The lowest BCUT2D eigenvalue weighted by atomic mass is 9.92. The molecule has 0 spiro atoms. The predicted molar refractivity (Wildman–Crippen MR) is 97.0 cm³/mol. The first-order chi connectivity index (χ1) is 11.2. The van der Waals surface area contributed by atoms with Crippen LogP contribution in [0.3, 0.4) is 0 Å². The van der Waals surface area contributed by atoms with Gasteiger partial charge in [-0.05, 0) is 36.6 Å². The van der Waals surface area contributed by atoms with Crippen LogP contribution >= 0.6 is 11.6 Å². The van der Waals surface area contributed by atoms with Crippen molar-refractivity contribution < 1.29 is 9.18 Å². The van der Waals surface area contributed by atoms with Crippen molar-refractivity contribution in [2.45, 2.75) is 27.2 Å². The highest BCUT2D eigenvalue weighted by Gasteiger charge is 2.20. The van der Waals surface area contributed by atoms with E-state index in [9.17, 15) is 9.18 Å². The van der Waals surface area contributed by atoms with Gasteiger partial charge in [-0.1, -0.05) is 32.4 Å². The van der Waals surface area contributed by atoms with Crippen LogP contribution in [-0.2, 0) is 4.79 Å². The maximum Gasteiger partial charge on any atom is 0.238 e. The third-order valence-corrected chi connectivity index (χ3v) is 4.37. The second-order valence-electron chi connectivity index (χ2n) is 7.63. The first-order valence-electron chi connectivity index (χ1n) is 8.42. The van der Waals surface area contributed by atoms with E-state index in [0.717, 1.165) is 32.7 Å². The van der Waals surface area contributed by atoms with E-state index < -0.39 is 5.82 Å². The van der Waals surface area contributed by atoms with Crippen LogP contribution in [0.5, 0.6) is 0 Å². The van der Waals surface area contributed by atoms with Gasteiger partial charge in [0, 0.05) is 36.9 Å². The monoisotopic (exact) mass is 355 g/mol. The third kappa shape index (κ3) is 6.75. The largest absolute Gasteiger partial charge is 0.325 e. The Balaban J connectivity index is 1.74. The van der Waals surface area contributed by atoms with Crippen molar-refractivity contribution in [1.29, 1.82) is 0 Å². The number of halogens is 2. The van der Waals surface area contributed by atoms with Crippen molar-refractivity contribution in [2.75, 3.05) is 44.6 Å². The van der Waals surface area contributed by atoms with Gasteiger partial charge in [-0.25, -0.2) is 4.39 Å². The Hall–Kier alpha value is -1.17. The molecule has 1 saturated heterocycles. The Bertz CT molecular complexity index is 546. The molecule has 1 aliphatic rings. The molecule has 134 valence electrons. The molecule has 1 N–H and O–H groups in total. The molecule has 0 radical (unpaired) electrons. The van der Waals surface area contributed by atoms with E-state index >= 15 is 0 Å². The zero-order valence-electron chi connectivity index (χ0n) is 14.7. The number of nitrogens with one attached hydrogen (secondary N) is 1. The van der Waals surface area contributed by atoms with E-state index in [1.807, 2.05) is 0 Å². The molecule has 0 bridgehead atoms. The van der Waals surface area contributed by atoms with Gasteiger partial charge in [0.05, 0.1) is 6.54 Å². The number of carbonyl (C=O) groups is 1. The van der Waals surface area contributed by atoms with Crippen LogP contribution < -0.4 is 5.32 Å². The molecular weight excluding hydrogens is 329 g/mol. The summed E-state index contributed by atoms with van der Waals surface area (Å²) < 4.78 is 13.3. The second-order valence-corrected chi connectivity index (χ2v) is 8.07. The summed E-state index contributed by atoms with van der Waals surface area (Å²) in [4.78, 5) is 16.7. The van der Waals surface area contributed by atoms with E-state index in [4.69, 9.17) is 11.6 Å². The average Bonchev–Trinajstić information content (AvgIpc) is 2.44. The van der Waals surface area contributed by atoms with E-state index in [0.29, 0.717) is 17.6 Å². The van der Waals surface area contributed by atoms with Crippen molar-refractivity contribution in [3.05, 3.63) is 29.0 Å². The molecule has 0 atom stereocenters. The molecule has 1 fully saturated rings. The number of anilines is 1. The number of amides is 1. The van der Waals surface area contributed by atoms with Crippen molar-refractivity contribution >= 4 is 23.2 Å². The molecule has 1 aromatic carbocycles. The molecule has 1 amide bonds. The zero-order valence-corrected chi connectivity index (χ0v) is 15.5. The number of nitrogens with zero attached hydrogens (tertiary/aromatic N) is 2. The van der Waals surface area contributed by atoms with E-state index in [1.54, 1.807) is 6.07 Å². The number of hydrogen-bond acceptors (Lipinski definition) is 3. The summed E-state index contributed by atoms with van der Waals surface area (Å²) in [6.07, 6.45) is 1.17. The SMILES string of the molecule is CC(C)(C)CCN1CCN(CC(=O)Nc2cc(F)cc(Cl)c2)CC1. The molecule has 2 rings (SSSR count). The van der Waals surface area contributed by atoms with E-state index in [-0.39, 0.29) is 10.9 Å². The Morgan fingerprint density at radius 2 is 1.79 bits per heavy atom. The smallest absolute Gasteiger partial charge is 0.238 e. The lowest BCUT2D eigenvalue weighted by molar-refractivity contribution is -0.117. The van der Waals surface area contributed by atoms with Gasteiger partial charge in [-0.15, -0.1) is 0 Å². The summed E-state index contributed by atoms with van der Waals surface area (Å²) in [6, 6.07) is 4.04. The van der Waals surface area contributed by atoms with Gasteiger partial charge < -0.3 is 10.2 Å². The van der Waals surface area contributed by atoms with Crippen molar-refractivity contribution in [3.8, 4) is 0 Å². The molecule has 1 heterocycles. The molecule has 0 saturated carbocycles. The number of piperazine rings is 1. The second kappa shape index (κ2) is 8.28. The summed E-state index contributed by atoms with van der Waals surface area (Å²) >= 11 is 5.80. The van der Waals surface area contributed by atoms with Crippen LogP contribution in [-0.4, -0.2) is 55.0 Å². The summed E-state index contributed by atoms with van der Waals surface area (Å²) in [7, 11) is 0. The Labute approximate surface area is 149 Å². The summed E-state index contributed by atoms with van der Waals surface area (Å²) in [5, 5.41) is 2.98. The molecule has 6 heteroatoms. The third-order valence-electron chi connectivity index (χ3n) is 4.16. The van der Waals surface area contributed by atoms with Gasteiger partial charge in [-0.2, -0.15) is 0 Å². The van der Waals surface area contributed by atoms with Crippen LogP contribution in [0, 0.1) is 11.2 Å². The highest BCUT2D eigenvalue weighted by Crippen LogP contribution is 2.20. The minimum Gasteiger partial charge on any atom is -0.325 e. The predicted octanol–water partition coefficient (Wildman–Crippen LogP) is 3.47. The molecular formula is C18H27ClFN3O. The van der Waals surface area contributed by atoms with Gasteiger partial charge in [0.2, 0.25) is 5.91 Å². The Morgan fingerprint density at radius 1 is 1.17 bits per heavy atom. The van der Waals surface area contributed by atoms with Gasteiger partial charge in [0.15, 0.2) is 0 Å². The highest BCUT2D eigenvalue weighted by atomic mass is 35.5. The van der Waals surface area contributed by atoms with Crippen LogP contribution in [0.4, 0.5) is 10.1 Å². The van der Waals surface area contributed by atoms with Crippen LogP contribution in [0.1, 0.15) is 27.2 Å². The maximum absolute atomic E-state index is 13.3. The van der Waals surface area contributed by atoms with Gasteiger partial charge >= 0.3 is 0 Å². The standard InChI is InChI=1S/C18H27ClFN3O/c1-18(2,3)4-5-22-6-8-23(9-7-22)13-17(24)21-16-11-14(19)10-15(20)12-16/h10-12H,4-9,13H2,1-3H3,(H,21,24). The topological polar surface area (TPSA) is 35.6 Å². The van der Waals surface area contributed by atoms with Crippen LogP contribution in [0.25, 0.3) is 0 Å². The van der Waals surface area contributed by atoms with Crippen molar-refractivity contribution in [1.82, 2.24) is 9.80 Å². The lowest BCUT2D eigenvalue weighted by Crippen LogP contribution is -2.49. The van der Waals surface area contributed by atoms with Gasteiger partial charge in [0.1, 0.15) is 5.82 Å². The van der Waals surface area contributed by atoms with Gasteiger partial charge in [0.25, 0.3) is 0 Å². The quantitative estimate of drug-likeness (QED) is 0.878. The normalized spacial score (nSPS) is 17.0. The molecule has 24 heavy (non-hydrogen) atoms. The fourth-order valence-electron chi connectivity index (χ4n) is 2.69. The minimum atomic E-state index is -0.453. The van der Waals surface area contributed by atoms with E-state index in [2.05, 4.69) is 35.9 Å². The molecule has 0 unspecified atom stereocenters. The summed E-state index contributed by atoms with van der Waals surface area (Å²) in [5.41, 5.74) is 0.747. The van der Waals surface area contributed by atoms with Crippen LogP contribution in [0.15, 0.2) is 18.2 Å². The average molecular weight is 356 g/mol. The number of benzene rings is 1. The first-order valence-corrected chi connectivity index (χ1v) is 8.80. The number of rotatable bonds is 5. The van der Waals surface area contributed by atoms with Crippen molar-refractivity contribution in [3.63, 3.8) is 0 Å². The fourth-order valence-corrected chi connectivity index (χ4v) is 2.92. The molecule has 1 aliphatic heterocycles. The highest BCUT2D eigenvalue weighted by molar-refractivity contribution is 6.30. The molecule has 0 aliphatic carbocycles. The van der Waals surface area contributed by atoms with E-state index in [1.165, 1.54) is 18.6 Å². The first kappa shape index (κ1) is 19.2. The Kier molecular flexibility index (Phi) is 6.61.